The zero-order chi connectivity index (χ0) is 16.7. The Morgan fingerprint density at radius 2 is 1.96 bits per heavy atom. The summed E-state index contributed by atoms with van der Waals surface area (Å²) in [7, 11) is 0. The first-order valence-corrected chi connectivity index (χ1v) is 9.36. The molecule has 1 radical (unpaired) electrons. The zero-order valence-electron chi connectivity index (χ0n) is 13.5. The highest BCUT2D eigenvalue weighted by Gasteiger charge is 2.33. The van der Waals surface area contributed by atoms with Crippen molar-refractivity contribution in [2.45, 2.75) is 44.1 Å². The van der Waals surface area contributed by atoms with Crippen LogP contribution in [0.15, 0.2) is 24.3 Å². The van der Waals surface area contributed by atoms with E-state index in [1.807, 2.05) is 4.90 Å². The molecule has 125 valence electrons. The van der Waals surface area contributed by atoms with Crippen LogP contribution in [0.2, 0.25) is 0 Å². The van der Waals surface area contributed by atoms with Crippen molar-refractivity contribution in [2.24, 2.45) is 0 Å². The molecule has 0 N–H and O–H groups in total. The molecule has 1 atom stereocenters. The molecule has 4 rings (SSSR count). The van der Waals surface area contributed by atoms with Crippen LogP contribution in [0, 0.1) is 12.7 Å². The number of likely N-dealkylation sites (tertiary alicyclic amines) is 1. The standard InChI is InChI=1S/C19H20FN2OS/c1-12-4-2-3-11-22(12)19(23)16-17(13-7-9-15(20)10-8-13)24-18(21-16)14-5-6-14/h7-10,12,14H,1-6,11H2. The fourth-order valence-electron chi connectivity index (χ4n) is 3.19. The van der Waals surface area contributed by atoms with Crippen molar-refractivity contribution >= 4 is 17.2 Å². The van der Waals surface area contributed by atoms with Crippen LogP contribution in [0.1, 0.15) is 53.5 Å². The summed E-state index contributed by atoms with van der Waals surface area (Å²) in [5, 5.41) is 1.04. The second kappa shape index (κ2) is 6.28. The van der Waals surface area contributed by atoms with Crippen molar-refractivity contribution in [1.82, 2.24) is 9.88 Å². The maximum absolute atomic E-state index is 13.3. The highest BCUT2D eigenvalue weighted by atomic mass is 32.1. The van der Waals surface area contributed by atoms with E-state index < -0.39 is 0 Å². The Morgan fingerprint density at radius 3 is 2.62 bits per heavy atom. The molecule has 3 nitrogen and oxygen atoms in total. The highest BCUT2D eigenvalue weighted by molar-refractivity contribution is 7.15. The molecule has 1 aromatic carbocycles. The summed E-state index contributed by atoms with van der Waals surface area (Å²) in [4.78, 5) is 20.5. The topological polar surface area (TPSA) is 33.2 Å². The molecule has 5 heteroatoms. The predicted molar refractivity (Wildman–Crippen MR) is 93.5 cm³/mol. The van der Waals surface area contributed by atoms with Gasteiger partial charge in [-0.3, -0.25) is 4.79 Å². The van der Waals surface area contributed by atoms with Crippen LogP contribution in [0.25, 0.3) is 10.4 Å². The maximum atomic E-state index is 13.3. The van der Waals surface area contributed by atoms with E-state index >= 15 is 0 Å². The Labute approximate surface area is 145 Å². The number of thiazole rings is 1. The maximum Gasteiger partial charge on any atom is 0.274 e. The number of aromatic nitrogens is 1. The molecule has 1 amide bonds. The van der Waals surface area contributed by atoms with E-state index in [1.165, 1.54) is 12.1 Å². The first kappa shape index (κ1) is 15.8. The minimum Gasteiger partial charge on any atom is -0.334 e. The van der Waals surface area contributed by atoms with Gasteiger partial charge in [0.2, 0.25) is 0 Å². The lowest BCUT2D eigenvalue weighted by molar-refractivity contribution is 0.0657. The average Bonchev–Trinajstić information content (AvgIpc) is 3.35. The molecule has 24 heavy (non-hydrogen) atoms. The highest BCUT2D eigenvalue weighted by Crippen LogP contribution is 2.45. The number of benzene rings is 1. The van der Waals surface area contributed by atoms with Crippen molar-refractivity contribution in [1.29, 1.82) is 0 Å². The van der Waals surface area contributed by atoms with Gasteiger partial charge in [0, 0.05) is 18.5 Å². The van der Waals surface area contributed by atoms with Crippen LogP contribution in [0.5, 0.6) is 0 Å². The Hall–Kier alpha value is -1.75. The van der Waals surface area contributed by atoms with Gasteiger partial charge in [0.05, 0.1) is 9.88 Å². The predicted octanol–water partition coefficient (Wildman–Crippen LogP) is 4.66. The molecular formula is C19H20FN2OS. The third kappa shape index (κ3) is 2.97. The van der Waals surface area contributed by atoms with Crippen LogP contribution in [-0.4, -0.2) is 28.4 Å². The van der Waals surface area contributed by atoms with E-state index in [4.69, 9.17) is 0 Å². The van der Waals surface area contributed by atoms with E-state index in [0.717, 1.165) is 54.1 Å². The number of piperidine rings is 1. The molecule has 2 aromatic rings. The largest absolute Gasteiger partial charge is 0.334 e. The van der Waals surface area contributed by atoms with E-state index in [9.17, 15) is 9.18 Å². The van der Waals surface area contributed by atoms with Crippen molar-refractivity contribution in [2.75, 3.05) is 6.54 Å². The van der Waals surface area contributed by atoms with E-state index in [1.54, 1.807) is 23.5 Å². The van der Waals surface area contributed by atoms with E-state index in [0.29, 0.717) is 11.6 Å². The molecule has 0 spiro atoms. The summed E-state index contributed by atoms with van der Waals surface area (Å²) in [5.41, 5.74) is 1.38. The number of amides is 1. The lowest BCUT2D eigenvalue weighted by atomic mass is 10.0. The molecular weight excluding hydrogens is 323 g/mol. The molecule has 1 aliphatic carbocycles. The molecule has 1 saturated carbocycles. The number of halogens is 1. The van der Waals surface area contributed by atoms with Gasteiger partial charge in [-0.25, -0.2) is 9.37 Å². The third-order valence-corrected chi connectivity index (χ3v) is 6.03. The molecule has 1 aromatic heterocycles. The van der Waals surface area contributed by atoms with Crippen LogP contribution >= 0.6 is 11.3 Å². The van der Waals surface area contributed by atoms with Gasteiger partial charge in [-0.05, 0) is 56.7 Å². The summed E-state index contributed by atoms with van der Waals surface area (Å²) in [6.07, 6.45) is 5.37. The van der Waals surface area contributed by atoms with Crippen molar-refractivity contribution in [3.8, 4) is 10.4 Å². The van der Waals surface area contributed by atoms with Gasteiger partial charge in [0.1, 0.15) is 11.5 Å². The number of hydrogen-bond acceptors (Lipinski definition) is 3. The van der Waals surface area contributed by atoms with Crippen LogP contribution in [-0.2, 0) is 0 Å². The first-order chi connectivity index (χ1) is 11.6. The lowest BCUT2D eigenvalue weighted by Gasteiger charge is -2.33. The Morgan fingerprint density at radius 1 is 1.21 bits per heavy atom. The molecule has 1 unspecified atom stereocenters. The van der Waals surface area contributed by atoms with E-state index in [2.05, 4.69) is 11.9 Å². The second-order valence-corrected chi connectivity index (χ2v) is 7.69. The summed E-state index contributed by atoms with van der Waals surface area (Å²) < 4.78 is 13.3. The Balaban J connectivity index is 1.73. The van der Waals surface area contributed by atoms with Gasteiger partial charge in [-0.2, -0.15) is 0 Å². The summed E-state index contributed by atoms with van der Waals surface area (Å²) in [6.45, 7) is 4.87. The first-order valence-electron chi connectivity index (χ1n) is 8.54. The minimum atomic E-state index is -0.271. The Kier molecular flexibility index (Phi) is 4.12. The smallest absolute Gasteiger partial charge is 0.274 e. The van der Waals surface area contributed by atoms with Gasteiger partial charge in [-0.15, -0.1) is 11.3 Å². The number of nitrogens with zero attached hydrogens (tertiary/aromatic N) is 2. The summed E-state index contributed by atoms with van der Waals surface area (Å²) >= 11 is 1.58. The van der Waals surface area contributed by atoms with Crippen molar-refractivity contribution in [3.05, 3.63) is 47.7 Å². The number of carbonyl (C=O) groups excluding carboxylic acids is 1. The molecule has 0 bridgehead atoms. The van der Waals surface area contributed by atoms with Gasteiger partial charge < -0.3 is 4.90 Å². The molecule has 2 fully saturated rings. The van der Waals surface area contributed by atoms with Crippen molar-refractivity contribution in [3.63, 3.8) is 0 Å². The van der Waals surface area contributed by atoms with Crippen molar-refractivity contribution < 1.29 is 9.18 Å². The molecule has 2 aliphatic rings. The fraction of sp³-hybridized carbons (Fsp3) is 0.421. The summed E-state index contributed by atoms with van der Waals surface area (Å²) in [6, 6.07) is 6.34. The number of hydrogen-bond donors (Lipinski definition) is 0. The number of carbonyl (C=O) groups is 1. The lowest BCUT2D eigenvalue weighted by Crippen LogP contribution is -2.42. The molecule has 1 aliphatic heterocycles. The Bertz CT molecular complexity index is 751. The molecule has 2 heterocycles. The van der Waals surface area contributed by atoms with Crippen LogP contribution in [0.3, 0.4) is 0 Å². The van der Waals surface area contributed by atoms with Crippen LogP contribution in [0.4, 0.5) is 4.39 Å². The molecule has 1 saturated heterocycles. The van der Waals surface area contributed by atoms with Gasteiger partial charge >= 0.3 is 0 Å². The van der Waals surface area contributed by atoms with Gasteiger partial charge in [-0.1, -0.05) is 12.1 Å². The van der Waals surface area contributed by atoms with Crippen LogP contribution < -0.4 is 0 Å². The quantitative estimate of drug-likeness (QED) is 0.812. The number of rotatable bonds is 3. The third-order valence-electron chi connectivity index (χ3n) is 4.77. The van der Waals surface area contributed by atoms with E-state index in [-0.39, 0.29) is 17.8 Å². The average molecular weight is 343 g/mol. The summed E-state index contributed by atoms with van der Waals surface area (Å²) in [5.74, 6) is 0.192. The zero-order valence-corrected chi connectivity index (χ0v) is 14.3. The van der Waals surface area contributed by atoms with Gasteiger partial charge in [0.25, 0.3) is 5.91 Å². The normalized spacial score (nSPS) is 21.1. The van der Waals surface area contributed by atoms with Gasteiger partial charge in [0.15, 0.2) is 0 Å². The SMILES string of the molecule is [CH2]C1CCCCN1C(=O)c1nc(C2CC2)sc1-c1ccc(F)cc1. The second-order valence-electron chi connectivity index (χ2n) is 6.66. The monoisotopic (exact) mass is 343 g/mol. The minimum absolute atomic E-state index is 0.0124. The fourth-order valence-corrected chi connectivity index (χ4v) is 4.42.